The van der Waals surface area contributed by atoms with Crippen molar-refractivity contribution in [1.29, 1.82) is 0 Å². The quantitative estimate of drug-likeness (QED) is 0.765. The van der Waals surface area contributed by atoms with Crippen LogP contribution >= 0.6 is 0 Å². The fraction of sp³-hybridized carbons (Fsp3) is 0.714. The van der Waals surface area contributed by atoms with E-state index in [2.05, 4.69) is 15.6 Å². The van der Waals surface area contributed by atoms with Crippen LogP contribution in [0.15, 0.2) is 18.7 Å². The fourth-order valence-electron chi connectivity index (χ4n) is 2.38. The number of hydrogen-bond donors (Lipinski definition) is 2. The Balaban J connectivity index is 1.57. The lowest BCUT2D eigenvalue weighted by Crippen LogP contribution is -2.37. The van der Waals surface area contributed by atoms with E-state index >= 15 is 0 Å². The van der Waals surface area contributed by atoms with Crippen LogP contribution in [-0.2, 0) is 16.1 Å². The molecular weight excluding hydrogens is 256 g/mol. The number of piperidine rings is 1. The van der Waals surface area contributed by atoms with Gasteiger partial charge in [0.2, 0.25) is 5.91 Å². The van der Waals surface area contributed by atoms with E-state index in [0.29, 0.717) is 19.1 Å². The molecule has 1 aromatic heterocycles. The molecular formula is C14H24N4O2. The number of rotatable bonds is 7. The van der Waals surface area contributed by atoms with Crippen LogP contribution in [0.1, 0.15) is 26.2 Å². The lowest BCUT2D eigenvalue weighted by Gasteiger charge is -2.23. The third-order valence-electron chi connectivity index (χ3n) is 3.42. The number of ether oxygens (including phenoxy) is 1. The summed E-state index contributed by atoms with van der Waals surface area (Å²) in [5.41, 5.74) is 0. The Morgan fingerprint density at radius 1 is 1.55 bits per heavy atom. The number of amides is 1. The van der Waals surface area contributed by atoms with Crippen molar-refractivity contribution >= 4 is 5.91 Å². The molecule has 1 aliphatic heterocycles. The maximum absolute atomic E-state index is 11.8. The Morgan fingerprint density at radius 3 is 3.05 bits per heavy atom. The molecule has 1 saturated heterocycles. The SMILES string of the molecule is CC(Cn1ccnc1)NC(=O)CCOC1CCNCC1. The van der Waals surface area contributed by atoms with Crippen molar-refractivity contribution in [3.63, 3.8) is 0 Å². The van der Waals surface area contributed by atoms with Crippen molar-refractivity contribution in [1.82, 2.24) is 20.2 Å². The summed E-state index contributed by atoms with van der Waals surface area (Å²) < 4.78 is 7.68. The second-order valence-corrected chi connectivity index (χ2v) is 5.30. The van der Waals surface area contributed by atoms with E-state index in [-0.39, 0.29) is 11.9 Å². The predicted molar refractivity (Wildman–Crippen MR) is 76.3 cm³/mol. The minimum absolute atomic E-state index is 0.0477. The highest BCUT2D eigenvalue weighted by atomic mass is 16.5. The first-order chi connectivity index (χ1) is 9.74. The van der Waals surface area contributed by atoms with Crippen LogP contribution in [0.3, 0.4) is 0 Å². The highest BCUT2D eigenvalue weighted by Crippen LogP contribution is 2.07. The number of nitrogens with zero attached hydrogens (tertiary/aromatic N) is 2. The normalized spacial score (nSPS) is 17.9. The minimum atomic E-state index is 0.0477. The van der Waals surface area contributed by atoms with Crippen LogP contribution in [0.25, 0.3) is 0 Å². The highest BCUT2D eigenvalue weighted by molar-refractivity contribution is 5.76. The molecule has 1 aromatic rings. The van der Waals surface area contributed by atoms with Gasteiger partial charge in [-0.05, 0) is 32.9 Å². The van der Waals surface area contributed by atoms with Crippen molar-refractivity contribution < 1.29 is 9.53 Å². The zero-order valence-electron chi connectivity index (χ0n) is 12.0. The first-order valence-corrected chi connectivity index (χ1v) is 7.31. The largest absolute Gasteiger partial charge is 0.378 e. The molecule has 6 nitrogen and oxygen atoms in total. The molecule has 1 amide bonds. The van der Waals surface area contributed by atoms with Crippen molar-refractivity contribution in [3.8, 4) is 0 Å². The topological polar surface area (TPSA) is 68.2 Å². The third kappa shape index (κ3) is 5.30. The highest BCUT2D eigenvalue weighted by Gasteiger charge is 2.14. The average molecular weight is 280 g/mol. The number of hydrogen-bond acceptors (Lipinski definition) is 4. The summed E-state index contributed by atoms with van der Waals surface area (Å²) in [6.45, 7) is 5.26. The van der Waals surface area contributed by atoms with Gasteiger partial charge in [-0.3, -0.25) is 4.79 Å². The van der Waals surface area contributed by atoms with Crippen LogP contribution in [-0.4, -0.2) is 47.3 Å². The van der Waals surface area contributed by atoms with Gasteiger partial charge in [0.1, 0.15) is 0 Å². The lowest BCUT2D eigenvalue weighted by molar-refractivity contribution is -0.123. The van der Waals surface area contributed by atoms with Crippen molar-refractivity contribution in [2.45, 2.75) is 44.9 Å². The molecule has 20 heavy (non-hydrogen) atoms. The zero-order chi connectivity index (χ0) is 14.2. The first kappa shape index (κ1) is 15.0. The lowest BCUT2D eigenvalue weighted by atomic mass is 10.1. The van der Waals surface area contributed by atoms with Gasteiger partial charge in [0.25, 0.3) is 0 Å². The van der Waals surface area contributed by atoms with Crippen LogP contribution < -0.4 is 10.6 Å². The summed E-state index contributed by atoms with van der Waals surface area (Å²) in [5.74, 6) is 0.0477. The molecule has 0 spiro atoms. The van der Waals surface area contributed by atoms with E-state index in [0.717, 1.165) is 32.5 Å². The van der Waals surface area contributed by atoms with E-state index in [1.165, 1.54) is 0 Å². The Hall–Kier alpha value is -1.40. The molecule has 1 unspecified atom stereocenters. The minimum Gasteiger partial charge on any atom is -0.378 e. The molecule has 6 heteroatoms. The molecule has 2 heterocycles. The van der Waals surface area contributed by atoms with E-state index < -0.39 is 0 Å². The number of imidazole rings is 1. The standard InChI is InChI=1S/C14H24N4O2/c1-12(10-18-8-7-16-11-18)17-14(19)4-9-20-13-2-5-15-6-3-13/h7-8,11-13,15H,2-6,9-10H2,1H3,(H,17,19). The summed E-state index contributed by atoms with van der Waals surface area (Å²) in [7, 11) is 0. The molecule has 1 fully saturated rings. The smallest absolute Gasteiger partial charge is 0.222 e. The van der Waals surface area contributed by atoms with Crippen molar-refractivity contribution in [2.24, 2.45) is 0 Å². The van der Waals surface area contributed by atoms with Crippen LogP contribution in [0, 0.1) is 0 Å². The van der Waals surface area contributed by atoms with Gasteiger partial charge in [0.15, 0.2) is 0 Å². The molecule has 0 bridgehead atoms. The Bertz CT molecular complexity index is 388. The van der Waals surface area contributed by atoms with Gasteiger partial charge < -0.3 is 19.9 Å². The van der Waals surface area contributed by atoms with Crippen LogP contribution in [0.5, 0.6) is 0 Å². The van der Waals surface area contributed by atoms with Gasteiger partial charge in [-0.1, -0.05) is 0 Å². The molecule has 0 aliphatic carbocycles. The Labute approximate surface area is 119 Å². The zero-order valence-corrected chi connectivity index (χ0v) is 12.0. The predicted octanol–water partition coefficient (Wildman–Crippen LogP) is 0.547. The monoisotopic (exact) mass is 280 g/mol. The summed E-state index contributed by atoms with van der Waals surface area (Å²) in [4.78, 5) is 15.8. The van der Waals surface area contributed by atoms with Crippen molar-refractivity contribution in [3.05, 3.63) is 18.7 Å². The molecule has 2 rings (SSSR count). The summed E-state index contributed by atoms with van der Waals surface area (Å²) >= 11 is 0. The van der Waals surface area contributed by atoms with E-state index in [1.54, 1.807) is 12.5 Å². The molecule has 1 atom stereocenters. The van der Waals surface area contributed by atoms with Gasteiger partial charge in [0.05, 0.1) is 19.0 Å². The average Bonchev–Trinajstić information content (AvgIpc) is 2.92. The Morgan fingerprint density at radius 2 is 2.35 bits per heavy atom. The van der Waals surface area contributed by atoms with Crippen molar-refractivity contribution in [2.75, 3.05) is 19.7 Å². The molecule has 1 aliphatic rings. The number of aromatic nitrogens is 2. The van der Waals surface area contributed by atoms with E-state index in [4.69, 9.17) is 4.74 Å². The number of nitrogens with one attached hydrogen (secondary N) is 2. The molecule has 112 valence electrons. The molecule has 0 aromatic carbocycles. The molecule has 2 N–H and O–H groups in total. The van der Waals surface area contributed by atoms with Gasteiger partial charge in [-0.15, -0.1) is 0 Å². The Kier molecular flexibility index (Phi) is 6.01. The second kappa shape index (κ2) is 8.01. The van der Waals surface area contributed by atoms with Crippen LogP contribution in [0.2, 0.25) is 0 Å². The second-order valence-electron chi connectivity index (χ2n) is 5.30. The summed E-state index contributed by atoms with van der Waals surface area (Å²) in [5, 5.41) is 6.27. The maximum Gasteiger partial charge on any atom is 0.222 e. The third-order valence-corrected chi connectivity index (χ3v) is 3.42. The molecule has 0 saturated carbocycles. The van der Waals surface area contributed by atoms with Gasteiger partial charge >= 0.3 is 0 Å². The van der Waals surface area contributed by atoms with E-state index in [9.17, 15) is 4.79 Å². The number of carbonyl (C=O) groups excluding carboxylic acids is 1. The van der Waals surface area contributed by atoms with Gasteiger partial charge in [0, 0.05) is 31.4 Å². The number of carbonyl (C=O) groups is 1. The van der Waals surface area contributed by atoms with Crippen LogP contribution in [0.4, 0.5) is 0 Å². The maximum atomic E-state index is 11.8. The summed E-state index contributed by atoms with van der Waals surface area (Å²) in [6, 6.07) is 0.0931. The van der Waals surface area contributed by atoms with Gasteiger partial charge in [-0.2, -0.15) is 0 Å². The fourth-order valence-corrected chi connectivity index (χ4v) is 2.38. The summed E-state index contributed by atoms with van der Waals surface area (Å²) in [6.07, 6.45) is 8.20. The first-order valence-electron chi connectivity index (χ1n) is 7.31. The molecule has 0 radical (unpaired) electrons. The van der Waals surface area contributed by atoms with E-state index in [1.807, 2.05) is 17.7 Å². The van der Waals surface area contributed by atoms with Gasteiger partial charge in [-0.25, -0.2) is 4.98 Å².